The Kier molecular flexibility index (Phi) is 5.20. The molecule has 0 aliphatic heterocycles. The molecule has 1 aromatic heterocycles. The number of halogens is 4. The fraction of sp³-hybridized carbons (Fsp3) is 0.273. The molecule has 6 heteroatoms. The van der Waals surface area contributed by atoms with Crippen LogP contribution in [0.25, 0.3) is 15.8 Å². The van der Waals surface area contributed by atoms with Crippen molar-refractivity contribution in [3.05, 3.63) is 70.1 Å². The smallest absolute Gasteiger partial charge is 0.282 e. The maximum Gasteiger partial charge on any atom is 0.417 e. The molecule has 0 unspecified atom stereocenters. The van der Waals surface area contributed by atoms with Crippen LogP contribution in [0.5, 0.6) is 0 Å². The van der Waals surface area contributed by atoms with Crippen molar-refractivity contribution >= 4 is 55.7 Å². The zero-order chi connectivity index (χ0) is 20.1. The number of aryl methyl sites for hydroxylation is 1. The van der Waals surface area contributed by atoms with E-state index in [0.717, 1.165) is 40.1 Å². The highest BCUT2D eigenvalue weighted by Crippen LogP contribution is 2.47. The summed E-state index contributed by atoms with van der Waals surface area (Å²) in [7, 11) is 0. The molecule has 0 radical (unpaired) electrons. The lowest BCUT2D eigenvalue weighted by atomic mass is 9.97. The number of fused-ring (bicyclic) bond motifs is 3. The summed E-state index contributed by atoms with van der Waals surface area (Å²) >= 11 is 3.51. The largest absolute Gasteiger partial charge is 0.417 e. The molecule has 1 heterocycles. The predicted molar refractivity (Wildman–Crippen MR) is 120 cm³/mol. The van der Waals surface area contributed by atoms with Crippen molar-refractivity contribution in [2.45, 2.75) is 38.8 Å². The molecule has 1 nitrogen and oxygen atoms in total. The van der Waals surface area contributed by atoms with Gasteiger partial charge in [0.2, 0.25) is 0 Å². The number of hydrogen-bond acceptors (Lipinski definition) is 2. The maximum atomic E-state index is 13.5. The van der Waals surface area contributed by atoms with Crippen molar-refractivity contribution < 1.29 is 13.2 Å². The molecule has 0 spiro atoms. The lowest BCUT2D eigenvalue weighted by molar-refractivity contribution is -0.136. The van der Waals surface area contributed by atoms with Crippen LogP contribution < -0.4 is 3.11 Å². The van der Waals surface area contributed by atoms with E-state index in [1.165, 1.54) is 29.0 Å². The first-order valence-electron chi connectivity index (χ1n) is 9.15. The third-order valence-electron chi connectivity index (χ3n) is 5.09. The summed E-state index contributed by atoms with van der Waals surface area (Å²) in [5.41, 5.74) is 3.77. The highest BCUT2D eigenvalue weighted by molar-refractivity contribution is 14.1. The second-order valence-electron chi connectivity index (χ2n) is 7.24. The average Bonchev–Trinajstić information content (AvgIpc) is 3.05. The Balaban J connectivity index is 1.78. The molecule has 0 bridgehead atoms. The van der Waals surface area contributed by atoms with E-state index in [-0.39, 0.29) is 0 Å². The van der Waals surface area contributed by atoms with Gasteiger partial charge in [-0.25, -0.2) is 0 Å². The van der Waals surface area contributed by atoms with Gasteiger partial charge in [0, 0.05) is 4.70 Å². The Morgan fingerprint density at radius 1 is 1.07 bits per heavy atom. The second kappa shape index (κ2) is 7.37. The summed E-state index contributed by atoms with van der Waals surface area (Å²) in [6.07, 6.45) is -0.605. The predicted octanol–water partition coefficient (Wildman–Crippen LogP) is 8.19. The first-order valence-corrected chi connectivity index (χ1v) is 10.9. The maximum absolute atomic E-state index is 13.5. The molecule has 0 fully saturated rings. The van der Waals surface area contributed by atoms with Gasteiger partial charge in [0.1, 0.15) is 0 Å². The molecular formula is C22H19F3INS. The molecule has 0 amide bonds. The molecule has 2 aromatic carbocycles. The standard InChI is InChI=1S/C22H19F3INS/c1-13(2)14-9-11-15(12-10-14)27(26)19-8-4-6-17-16-5-3-7-18(22(23,24)25)20(16)28-21(17)19/h3,5,7-13H,4,6H2,1-2H3. The number of thiophene rings is 1. The van der Waals surface area contributed by atoms with E-state index in [4.69, 9.17) is 0 Å². The summed E-state index contributed by atoms with van der Waals surface area (Å²) < 4.78 is 42.9. The topological polar surface area (TPSA) is 3.24 Å². The molecule has 1 aliphatic rings. The van der Waals surface area contributed by atoms with Gasteiger partial charge in [-0.2, -0.15) is 13.2 Å². The third-order valence-corrected chi connectivity index (χ3v) is 7.47. The fourth-order valence-corrected chi connectivity index (χ4v) is 5.93. The van der Waals surface area contributed by atoms with E-state index in [1.807, 2.05) is 6.07 Å². The summed E-state index contributed by atoms with van der Waals surface area (Å²) in [5.74, 6) is 0.459. The average molecular weight is 513 g/mol. The van der Waals surface area contributed by atoms with Crippen LogP contribution >= 0.6 is 34.2 Å². The van der Waals surface area contributed by atoms with Crippen LogP contribution in [0, 0.1) is 0 Å². The quantitative estimate of drug-likeness (QED) is 0.252. The first kappa shape index (κ1) is 19.8. The summed E-state index contributed by atoms with van der Waals surface area (Å²) in [6, 6.07) is 12.9. The molecular weight excluding hydrogens is 494 g/mol. The van der Waals surface area contributed by atoms with E-state index in [0.29, 0.717) is 10.6 Å². The van der Waals surface area contributed by atoms with Crippen molar-refractivity contribution in [1.29, 1.82) is 0 Å². The van der Waals surface area contributed by atoms with E-state index in [9.17, 15) is 13.2 Å². The van der Waals surface area contributed by atoms with Crippen molar-refractivity contribution in [1.82, 2.24) is 0 Å². The third kappa shape index (κ3) is 3.45. The fourth-order valence-electron chi connectivity index (χ4n) is 3.59. The van der Waals surface area contributed by atoms with Gasteiger partial charge >= 0.3 is 6.18 Å². The van der Waals surface area contributed by atoms with Crippen molar-refractivity contribution in [3.63, 3.8) is 0 Å². The minimum atomic E-state index is -4.34. The van der Waals surface area contributed by atoms with Gasteiger partial charge in [-0.3, -0.25) is 3.11 Å². The van der Waals surface area contributed by atoms with Crippen LogP contribution in [0.3, 0.4) is 0 Å². The Morgan fingerprint density at radius 3 is 2.43 bits per heavy atom. The Hall–Kier alpha value is -1.54. The normalized spacial score (nSPS) is 14.3. The SMILES string of the molecule is CC(C)c1ccc(N(I)C2=CCCc3c2sc2c(C(F)(F)F)cccc32)cc1. The van der Waals surface area contributed by atoms with Crippen molar-refractivity contribution in [3.8, 4) is 0 Å². The monoisotopic (exact) mass is 513 g/mol. The Morgan fingerprint density at radius 2 is 1.79 bits per heavy atom. The van der Waals surface area contributed by atoms with Crippen LogP contribution in [0.2, 0.25) is 0 Å². The highest BCUT2D eigenvalue weighted by Gasteiger charge is 2.34. The molecule has 0 saturated heterocycles. The number of nitrogens with zero attached hydrogens (tertiary/aromatic N) is 1. The summed E-state index contributed by atoms with van der Waals surface area (Å²) in [6.45, 7) is 4.31. The molecule has 0 atom stereocenters. The van der Waals surface area contributed by atoms with Crippen LogP contribution in [0.1, 0.15) is 47.8 Å². The molecule has 0 N–H and O–H groups in total. The molecule has 0 saturated carbocycles. The number of anilines is 1. The van der Waals surface area contributed by atoms with Gasteiger partial charge in [0.15, 0.2) is 0 Å². The lowest BCUT2D eigenvalue weighted by Crippen LogP contribution is -2.11. The zero-order valence-corrected chi connectivity index (χ0v) is 18.5. The van der Waals surface area contributed by atoms with Gasteiger partial charge < -0.3 is 0 Å². The number of benzene rings is 2. The van der Waals surface area contributed by atoms with Crippen molar-refractivity contribution in [2.75, 3.05) is 3.11 Å². The first-order chi connectivity index (χ1) is 13.3. The Bertz CT molecular complexity index is 1050. The summed E-state index contributed by atoms with van der Waals surface area (Å²) in [4.78, 5) is 0.945. The number of hydrogen-bond donors (Lipinski definition) is 0. The van der Waals surface area contributed by atoms with Gasteiger partial charge in [-0.05, 0) is 53.5 Å². The van der Waals surface area contributed by atoms with Gasteiger partial charge in [0.25, 0.3) is 0 Å². The van der Waals surface area contributed by atoms with E-state index >= 15 is 0 Å². The van der Waals surface area contributed by atoms with Crippen molar-refractivity contribution in [2.24, 2.45) is 0 Å². The van der Waals surface area contributed by atoms with Crippen LogP contribution in [-0.2, 0) is 12.6 Å². The van der Waals surface area contributed by atoms with Gasteiger partial charge in [-0.15, -0.1) is 11.3 Å². The number of allylic oxidation sites excluding steroid dienone is 1. The minimum absolute atomic E-state index is 0.341. The second-order valence-corrected chi connectivity index (χ2v) is 9.23. The molecule has 1 aliphatic carbocycles. The van der Waals surface area contributed by atoms with Gasteiger partial charge in [0.05, 0.1) is 44.7 Å². The molecule has 146 valence electrons. The van der Waals surface area contributed by atoms with Gasteiger partial charge in [-0.1, -0.05) is 44.2 Å². The molecule has 4 rings (SSSR count). The van der Waals surface area contributed by atoms with Crippen LogP contribution in [0.15, 0.2) is 48.5 Å². The number of alkyl halides is 3. The molecule has 3 aromatic rings. The highest BCUT2D eigenvalue weighted by atomic mass is 127. The van der Waals surface area contributed by atoms with Crippen LogP contribution in [0.4, 0.5) is 18.9 Å². The zero-order valence-electron chi connectivity index (χ0n) is 15.5. The minimum Gasteiger partial charge on any atom is -0.282 e. The Labute approximate surface area is 180 Å². The molecule has 28 heavy (non-hydrogen) atoms. The van der Waals surface area contributed by atoms with E-state index in [2.05, 4.69) is 70.2 Å². The van der Waals surface area contributed by atoms with E-state index in [1.54, 1.807) is 0 Å². The number of rotatable bonds is 3. The van der Waals surface area contributed by atoms with Crippen LogP contribution in [-0.4, -0.2) is 0 Å². The van der Waals surface area contributed by atoms with E-state index < -0.39 is 11.7 Å². The summed E-state index contributed by atoms with van der Waals surface area (Å²) in [5, 5.41) is 0.736. The lowest BCUT2D eigenvalue weighted by Gasteiger charge is -2.24.